The third kappa shape index (κ3) is 10.6. The first kappa shape index (κ1) is 30.5. The number of hydrogen-bond acceptors (Lipinski definition) is 11. The maximum atomic E-state index is 12.0. The van der Waals surface area contributed by atoms with Gasteiger partial charge in [-0.1, -0.05) is 38.1 Å². The molecule has 216 valence electrons. The van der Waals surface area contributed by atoms with Crippen molar-refractivity contribution in [2.45, 2.75) is 19.9 Å². The van der Waals surface area contributed by atoms with E-state index in [2.05, 4.69) is 36.2 Å². The monoisotopic (exact) mass is 553 g/mol. The molecule has 3 rings (SSSR count). The highest BCUT2D eigenvalue weighted by Gasteiger charge is 2.15. The summed E-state index contributed by atoms with van der Waals surface area (Å²) in [6, 6.07) is 16.3. The highest BCUT2D eigenvalue weighted by molar-refractivity contribution is 5.94. The van der Waals surface area contributed by atoms with Gasteiger partial charge >= 0.3 is 0 Å². The van der Waals surface area contributed by atoms with Crippen LogP contribution < -0.4 is 26.0 Å². The number of hydrogen-bond donors (Lipinski definition) is 5. The van der Waals surface area contributed by atoms with Crippen LogP contribution >= 0.6 is 0 Å². The van der Waals surface area contributed by atoms with Crippen LogP contribution in [-0.2, 0) is 9.47 Å². The lowest BCUT2D eigenvalue weighted by molar-refractivity contribution is 0.0519. The Labute approximate surface area is 234 Å². The predicted molar refractivity (Wildman–Crippen MR) is 154 cm³/mol. The predicted octanol–water partition coefficient (Wildman–Crippen LogP) is 2.93. The zero-order chi connectivity index (χ0) is 28.6. The number of anilines is 4. The van der Waals surface area contributed by atoms with Crippen LogP contribution in [0.25, 0.3) is 0 Å². The maximum Gasteiger partial charge on any atom is 0.251 e. The molecule has 5 N–H and O–H groups in total. The van der Waals surface area contributed by atoms with Crippen molar-refractivity contribution in [3.8, 4) is 5.75 Å². The zero-order valence-corrected chi connectivity index (χ0v) is 23.2. The molecule has 0 fully saturated rings. The Morgan fingerprint density at radius 2 is 1.57 bits per heavy atom. The van der Waals surface area contributed by atoms with Crippen LogP contribution in [0.1, 0.15) is 24.2 Å². The molecule has 0 bridgehead atoms. The van der Waals surface area contributed by atoms with E-state index >= 15 is 0 Å². The Morgan fingerprint density at radius 3 is 2.27 bits per heavy atom. The van der Waals surface area contributed by atoms with Gasteiger partial charge < -0.3 is 40.6 Å². The maximum absolute atomic E-state index is 12.0. The molecule has 0 aliphatic carbocycles. The molecule has 0 radical (unpaired) electrons. The van der Waals surface area contributed by atoms with Crippen molar-refractivity contribution in [3.63, 3.8) is 0 Å². The molecule has 2 aromatic carbocycles. The summed E-state index contributed by atoms with van der Waals surface area (Å²) in [5, 5.41) is 22.0. The molecule has 40 heavy (non-hydrogen) atoms. The van der Waals surface area contributed by atoms with E-state index in [1.54, 1.807) is 19.2 Å². The summed E-state index contributed by atoms with van der Waals surface area (Å²) in [4.78, 5) is 25.4. The molecule has 0 saturated carbocycles. The molecule has 1 aromatic heterocycles. The van der Waals surface area contributed by atoms with E-state index in [0.29, 0.717) is 68.7 Å². The van der Waals surface area contributed by atoms with Crippen molar-refractivity contribution in [1.29, 1.82) is 0 Å². The molecule has 0 saturated heterocycles. The zero-order valence-electron chi connectivity index (χ0n) is 23.2. The number of nitrogens with zero attached hydrogens (tertiary/aromatic N) is 3. The van der Waals surface area contributed by atoms with E-state index in [1.165, 1.54) is 0 Å². The first-order chi connectivity index (χ1) is 19.5. The number of aliphatic hydroxyl groups is 1. The highest BCUT2D eigenvalue weighted by Crippen LogP contribution is 2.21. The van der Waals surface area contributed by atoms with E-state index in [0.717, 1.165) is 5.69 Å². The number of rotatable bonds is 18. The number of carbonyl (C=O) groups excluding carboxylic acids is 1. The van der Waals surface area contributed by atoms with Crippen LogP contribution in [0, 0.1) is 5.92 Å². The van der Waals surface area contributed by atoms with Crippen molar-refractivity contribution < 1.29 is 24.1 Å². The van der Waals surface area contributed by atoms with Crippen molar-refractivity contribution >= 4 is 29.4 Å². The molecule has 0 aliphatic rings. The highest BCUT2D eigenvalue weighted by atomic mass is 16.5. The lowest BCUT2D eigenvalue weighted by Gasteiger charge is -2.20. The molecule has 1 atom stereocenters. The second-order valence-corrected chi connectivity index (χ2v) is 9.11. The smallest absolute Gasteiger partial charge is 0.251 e. The summed E-state index contributed by atoms with van der Waals surface area (Å²) in [6.45, 7) is 6.47. The molecule has 3 aromatic rings. The Balaban J connectivity index is 1.42. The minimum absolute atomic E-state index is 0.0555. The molecule has 12 nitrogen and oxygen atoms in total. The molecule has 1 heterocycles. The normalized spacial score (nSPS) is 11.6. The van der Waals surface area contributed by atoms with E-state index in [9.17, 15) is 9.90 Å². The number of benzene rings is 2. The largest absolute Gasteiger partial charge is 0.497 e. The number of ether oxygens (including phenoxy) is 3. The van der Waals surface area contributed by atoms with Crippen LogP contribution in [0.2, 0.25) is 0 Å². The fraction of sp³-hybridized carbons (Fsp3) is 0.429. The standard InChI is InChI=1S/C28H39N7O5/c1-20(2)24(19-36)32-28-34-26(33-27(35-28)31-22-10-7-11-23(18-22)38-3)30-13-15-40-17-16-39-14-12-29-25(37)21-8-5-4-6-9-21/h4-11,18,20,24,36H,12-17,19H2,1-3H3,(H,29,37)(H3,30,31,32,33,34,35)/t24-/m1/s1. The van der Waals surface area contributed by atoms with E-state index < -0.39 is 0 Å². The van der Waals surface area contributed by atoms with Gasteiger partial charge in [0.25, 0.3) is 5.91 Å². The Hall–Kier alpha value is -4.00. The summed E-state index contributed by atoms with van der Waals surface area (Å²) in [5.41, 5.74) is 1.38. The Morgan fingerprint density at radius 1 is 0.875 bits per heavy atom. The van der Waals surface area contributed by atoms with Gasteiger partial charge in [0.15, 0.2) is 0 Å². The summed E-state index contributed by atoms with van der Waals surface area (Å²) >= 11 is 0. The Kier molecular flexibility index (Phi) is 12.9. The first-order valence-electron chi connectivity index (χ1n) is 13.3. The second kappa shape index (κ2) is 16.9. The number of aliphatic hydroxyl groups excluding tert-OH is 1. The van der Waals surface area contributed by atoms with Crippen LogP contribution in [-0.4, -0.2) is 85.2 Å². The molecule has 1 amide bonds. The lowest BCUT2D eigenvalue weighted by atomic mass is 10.1. The van der Waals surface area contributed by atoms with Crippen LogP contribution in [0.5, 0.6) is 5.75 Å². The van der Waals surface area contributed by atoms with Gasteiger partial charge in [0.2, 0.25) is 17.8 Å². The van der Waals surface area contributed by atoms with Gasteiger partial charge in [-0.25, -0.2) is 0 Å². The summed E-state index contributed by atoms with van der Waals surface area (Å²) < 4.78 is 16.4. The van der Waals surface area contributed by atoms with Gasteiger partial charge in [-0.3, -0.25) is 4.79 Å². The van der Waals surface area contributed by atoms with Gasteiger partial charge in [0, 0.05) is 30.4 Å². The molecule has 0 unspecified atom stereocenters. The molecule has 12 heteroatoms. The molecule has 0 spiro atoms. The number of aromatic nitrogens is 3. The number of methoxy groups -OCH3 is 1. The van der Waals surface area contributed by atoms with Crippen LogP contribution in [0.3, 0.4) is 0 Å². The number of amides is 1. The van der Waals surface area contributed by atoms with Crippen LogP contribution in [0.15, 0.2) is 54.6 Å². The van der Waals surface area contributed by atoms with Gasteiger partial charge in [0.1, 0.15) is 5.75 Å². The van der Waals surface area contributed by atoms with Gasteiger partial charge in [-0.2, -0.15) is 15.0 Å². The van der Waals surface area contributed by atoms with Crippen molar-refractivity contribution in [3.05, 3.63) is 60.2 Å². The van der Waals surface area contributed by atoms with Gasteiger partial charge in [-0.05, 0) is 30.2 Å². The quantitative estimate of drug-likeness (QED) is 0.148. The lowest BCUT2D eigenvalue weighted by Crippen LogP contribution is -2.30. The van der Waals surface area contributed by atoms with Crippen molar-refractivity contribution in [1.82, 2.24) is 20.3 Å². The van der Waals surface area contributed by atoms with Gasteiger partial charge in [-0.15, -0.1) is 0 Å². The van der Waals surface area contributed by atoms with E-state index in [-0.39, 0.29) is 24.5 Å². The second-order valence-electron chi connectivity index (χ2n) is 9.11. The third-order valence-electron chi connectivity index (χ3n) is 5.75. The summed E-state index contributed by atoms with van der Waals surface area (Å²) in [6.07, 6.45) is 0. The van der Waals surface area contributed by atoms with Crippen molar-refractivity contribution in [2.75, 3.05) is 69.2 Å². The van der Waals surface area contributed by atoms with Crippen LogP contribution in [0.4, 0.5) is 23.5 Å². The van der Waals surface area contributed by atoms with Gasteiger partial charge in [0.05, 0.1) is 46.2 Å². The average Bonchev–Trinajstić information content (AvgIpc) is 2.97. The fourth-order valence-electron chi connectivity index (χ4n) is 3.48. The molecular formula is C28H39N7O5. The molecule has 0 aliphatic heterocycles. The fourth-order valence-corrected chi connectivity index (χ4v) is 3.48. The Bertz CT molecular complexity index is 1170. The minimum Gasteiger partial charge on any atom is -0.497 e. The van der Waals surface area contributed by atoms with E-state index in [1.807, 2.05) is 56.3 Å². The number of nitrogens with one attached hydrogen (secondary N) is 4. The van der Waals surface area contributed by atoms with E-state index in [4.69, 9.17) is 14.2 Å². The SMILES string of the molecule is COc1cccc(Nc2nc(NCCOCCOCCNC(=O)c3ccccc3)nc(N[C@H](CO)C(C)C)n2)c1. The first-order valence-corrected chi connectivity index (χ1v) is 13.3. The summed E-state index contributed by atoms with van der Waals surface area (Å²) in [5.74, 6) is 1.78. The molecular weight excluding hydrogens is 514 g/mol. The third-order valence-corrected chi connectivity index (χ3v) is 5.75. The minimum atomic E-state index is -0.213. The average molecular weight is 554 g/mol. The van der Waals surface area contributed by atoms with Crippen molar-refractivity contribution in [2.24, 2.45) is 5.92 Å². The summed E-state index contributed by atoms with van der Waals surface area (Å²) in [7, 11) is 1.60. The topological polar surface area (TPSA) is 152 Å². The number of carbonyl (C=O) groups is 1.